The highest BCUT2D eigenvalue weighted by Gasteiger charge is 2.38. The van der Waals surface area contributed by atoms with Crippen molar-refractivity contribution in [2.45, 2.75) is 19.1 Å². The zero-order valence-corrected chi connectivity index (χ0v) is 12.5. The molecule has 0 saturated heterocycles. The number of carbonyl (C=O) groups is 2. The van der Waals surface area contributed by atoms with E-state index in [1.807, 2.05) is 0 Å². The van der Waals surface area contributed by atoms with Gasteiger partial charge in [-0.25, -0.2) is 4.79 Å². The van der Waals surface area contributed by atoms with Crippen LogP contribution in [-0.2, 0) is 15.7 Å². The Bertz CT molecular complexity index is 740. The van der Waals surface area contributed by atoms with Crippen molar-refractivity contribution in [3.63, 3.8) is 0 Å². The van der Waals surface area contributed by atoms with Crippen LogP contribution in [-0.4, -0.2) is 35.2 Å². The molecule has 128 valence electrons. The van der Waals surface area contributed by atoms with Crippen molar-refractivity contribution in [1.29, 1.82) is 0 Å². The third-order valence-corrected chi connectivity index (χ3v) is 2.98. The molecule has 24 heavy (non-hydrogen) atoms. The number of nitrogens with zero attached hydrogens (tertiary/aromatic N) is 2. The maximum atomic E-state index is 12.4. The maximum Gasteiger partial charge on any atom is 0.471 e. The molecule has 1 N–H and O–H groups in total. The van der Waals surface area contributed by atoms with Crippen molar-refractivity contribution in [2.75, 3.05) is 7.11 Å². The molecule has 1 amide bonds. The summed E-state index contributed by atoms with van der Waals surface area (Å²) in [5.41, 5.74) is 0.445. The zero-order valence-electron chi connectivity index (χ0n) is 12.5. The summed E-state index contributed by atoms with van der Waals surface area (Å²) in [6.07, 6.45) is -4.73. The highest BCUT2D eigenvalue weighted by molar-refractivity contribution is 5.97. The standard InChI is InChI=1S/C14H12F3N3O4/c1-7(12(22)23-2)18-11(21)9-5-3-8(4-6-9)10-19-13(24-20-10)14(15,16)17/h3-7H,1-2H3,(H,18,21)/t7-/m1/s1. The van der Waals surface area contributed by atoms with E-state index < -0.39 is 30.0 Å². The van der Waals surface area contributed by atoms with Gasteiger partial charge in [0.2, 0.25) is 5.82 Å². The van der Waals surface area contributed by atoms with E-state index >= 15 is 0 Å². The molecule has 0 fully saturated rings. The number of carbonyl (C=O) groups excluding carboxylic acids is 2. The van der Waals surface area contributed by atoms with Gasteiger partial charge in [-0.1, -0.05) is 17.3 Å². The van der Waals surface area contributed by atoms with Gasteiger partial charge in [0.25, 0.3) is 5.91 Å². The second kappa shape index (κ2) is 6.69. The number of alkyl halides is 3. The van der Waals surface area contributed by atoms with Crippen LogP contribution in [0.3, 0.4) is 0 Å². The quantitative estimate of drug-likeness (QED) is 0.854. The first-order chi connectivity index (χ1) is 11.2. The first kappa shape index (κ1) is 17.4. The van der Waals surface area contributed by atoms with Crippen LogP contribution in [0.1, 0.15) is 23.2 Å². The summed E-state index contributed by atoms with van der Waals surface area (Å²) in [4.78, 5) is 26.4. The first-order valence-corrected chi connectivity index (χ1v) is 6.62. The fraction of sp³-hybridized carbons (Fsp3) is 0.286. The molecule has 1 heterocycles. The van der Waals surface area contributed by atoms with E-state index in [-0.39, 0.29) is 17.0 Å². The van der Waals surface area contributed by atoms with E-state index in [2.05, 4.69) is 24.7 Å². The number of nitrogens with one attached hydrogen (secondary N) is 1. The lowest BCUT2D eigenvalue weighted by molar-refractivity contribution is -0.159. The Morgan fingerprint density at radius 1 is 1.25 bits per heavy atom. The summed E-state index contributed by atoms with van der Waals surface area (Å²) < 4.78 is 45.9. The van der Waals surface area contributed by atoms with Gasteiger partial charge in [0.05, 0.1) is 7.11 Å². The highest BCUT2D eigenvalue weighted by atomic mass is 19.4. The number of hydrogen-bond acceptors (Lipinski definition) is 6. The maximum absolute atomic E-state index is 12.4. The molecule has 0 bridgehead atoms. The first-order valence-electron chi connectivity index (χ1n) is 6.62. The molecule has 1 atom stereocenters. The summed E-state index contributed by atoms with van der Waals surface area (Å²) in [7, 11) is 1.19. The molecule has 0 saturated carbocycles. The van der Waals surface area contributed by atoms with Crippen molar-refractivity contribution in [1.82, 2.24) is 15.5 Å². The van der Waals surface area contributed by atoms with Crippen LogP contribution in [0, 0.1) is 0 Å². The number of halogens is 3. The summed E-state index contributed by atoms with van der Waals surface area (Å²) >= 11 is 0. The Balaban J connectivity index is 2.12. The molecule has 0 aliphatic heterocycles. The Labute approximate surface area is 133 Å². The number of aromatic nitrogens is 2. The topological polar surface area (TPSA) is 94.3 Å². The van der Waals surface area contributed by atoms with E-state index in [1.54, 1.807) is 0 Å². The SMILES string of the molecule is COC(=O)[C@@H](C)NC(=O)c1ccc(-c2noc(C(F)(F)F)n2)cc1. The van der Waals surface area contributed by atoms with Crippen LogP contribution in [0.4, 0.5) is 13.2 Å². The van der Waals surface area contributed by atoms with Gasteiger partial charge < -0.3 is 14.6 Å². The molecule has 0 unspecified atom stereocenters. The normalized spacial score (nSPS) is 12.5. The second-order valence-corrected chi connectivity index (χ2v) is 4.72. The van der Waals surface area contributed by atoms with Crippen LogP contribution in [0.15, 0.2) is 28.8 Å². The van der Waals surface area contributed by atoms with Gasteiger partial charge in [0.1, 0.15) is 6.04 Å². The Kier molecular flexibility index (Phi) is 4.86. The lowest BCUT2D eigenvalue weighted by atomic mass is 10.1. The van der Waals surface area contributed by atoms with E-state index in [0.717, 1.165) is 0 Å². The summed E-state index contributed by atoms with van der Waals surface area (Å²) in [6, 6.07) is 4.61. The predicted octanol–water partition coefficient (Wildman–Crippen LogP) is 2.05. The van der Waals surface area contributed by atoms with Gasteiger partial charge in [-0.2, -0.15) is 18.2 Å². The van der Waals surface area contributed by atoms with Crippen LogP contribution in [0.25, 0.3) is 11.4 Å². The summed E-state index contributed by atoms with van der Waals surface area (Å²) in [6.45, 7) is 1.45. The number of methoxy groups -OCH3 is 1. The average molecular weight is 343 g/mol. The largest absolute Gasteiger partial charge is 0.471 e. The summed E-state index contributed by atoms with van der Waals surface area (Å²) in [5, 5.41) is 5.66. The molecule has 2 aromatic rings. The minimum Gasteiger partial charge on any atom is -0.467 e. The average Bonchev–Trinajstić information content (AvgIpc) is 3.04. The monoisotopic (exact) mass is 343 g/mol. The predicted molar refractivity (Wildman–Crippen MR) is 73.7 cm³/mol. The molecule has 0 radical (unpaired) electrons. The number of hydrogen-bond donors (Lipinski definition) is 1. The fourth-order valence-corrected chi connectivity index (χ4v) is 1.74. The van der Waals surface area contributed by atoms with Crippen molar-refractivity contribution in [3.05, 3.63) is 35.7 Å². The van der Waals surface area contributed by atoms with Crippen molar-refractivity contribution in [3.8, 4) is 11.4 Å². The third kappa shape index (κ3) is 3.89. The smallest absolute Gasteiger partial charge is 0.467 e. The molecule has 2 rings (SSSR count). The minimum atomic E-state index is -4.73. The molecule has 0 aliphatic carbocycles. The summed E-state index contributed by atoms with van der Waals surface area (Å²) in [5.74, 6) is -2.85. The van der Waals surface area contributed by atoms with E-state index in [9.17, 15) is 22.8 Å². The number of rotatable bonds is 4. The van der Waals surface area contributed by atoms with Crippen molar-refractivity contribution >= 4 is 11.9 Å². The third-order valence-electron chi connectivity index (χ3n) is 2.98. The van der Waals surface area contributed by atoms with Crippen LogP contribution < -0.4 is 5.32 Å². The van der Waals surface area contributed by atoms with Gasteiger partial charge >= 0.3 is 18.0 Å². The lowest BCUT2D eigenvalue weighted by Gasteiger charge is -2.11. The van der Waals surface area contributed by atoms with E-state index in [0.29, 0.717) is 0 Å². The second-order valence-electron chi connectivity index (χ2n) is 4.72. The van der Waals surface area contributed by atoms with Crippen LogP contribution in [0.5, 0.6) is 0 Å². The fourth-order valence-electron chi connectivity index (χ4n) is 1.74. The van der Waals surface area contributed by atoms with Crippen molar-refractivity contribution in [2.24, 2.45) is 0 Å². The van der Waals surface area contributed by atoms with Crippen LogP contribution in [0.2, 0.25) is 0 Å². The van der Waals surface area contributed by atoms with Crippen molar-refractivity contribution < 1.29 is 32.0 Å². The highest BCUT2D eigenvalue weighted by Crippen LogP contribution is 2.29. The molecule has 0 spiro atoms. The zero-order chi connectivity index (χ0) is 17.9. The van der Waals surface area contributed by atoms with Gasteiger partial charge in [-0.05, 0) is 19.1 Å². The number of amides is 1. The van der Waals surface area contributed by atoms with Gasteiger partial charge in [0, 0.05) is 11.1 Å². The molecule has 1 aromatic heterocycles. The molecular formula is C14H12F3N3O4. The lowest BCUT2D eigenvalue weighted by Crippen LogP contribution is -2.39. The van der Waals surface area contributed by atoms with E-state index in [1.165, 1.54) is 38.3 Å². The number of esters is 1. The number of ether oxygens (including phenoxy) is 1. The Morgan fingerprint density at radius 2 is 1.88 bits per heavy atom. The van der Waals surface area contributed by atoms with Gasteiger partial charge in [-0.15, -0.1) is 0 Å². The molecule has 7 nitrogen and oxygen atoms in total. The molecule has 0 aliphatic rings. The molecular weight excluding hydrogens is 331 g/mol. The molecule has 1 aromatic carbocycles. The van der Waals surface area contributed by atoms with Gasteiger partial charge in [-0.3, -0.25) is 4.79 Å². The Morgan fingerprint density at radius 3 is 2.38 bits per heavy atom. The Hall–Kier alpha value is -2.91. The van der Waals surface area contributed by atoms with E-state index in [4.69, 9.17) is 0 Å². The minimum absolute atomic E-state index is 0.203. The van der Waals surface area contributed by atoms with Gasteiger partial charge in [0.15, 0.2) is 0 Å². The van der Waals surface area contributed by atoms with Crippen LogP contribution >= 0.6 is 0 Å². The molecule has 10 heteroatoms. The number of benzene rings is 1.